The number of alkyl halides is 10. The number of aliphatic hydroxyl groups is 1. The monoisotopic (exact) mass is 296 g/mol. The molecule has 0 aromatic heterocycles. The minimum absolute atomic E-state index is 0.0639. The summed E-state index contributed by atoms with van der Waals surface area (Å²) in [6.07, 6.45) is -15.3. The Bertz CT molecular complexity index is 293. The zero-order chi connectivity index (χ0) is 15.2. The van der Waals surface area contributed by atoms with Crippen molar-refractivity contribution in [3.05, 3.63) is 0 Å². The first-order chi connectivity index (χ1) is 7.60. The van der Waals surface area contributed by atoms with E-state index in [-0.39, 0.29) is 6.92 Å². The summed E-state index contributed by atoms with van der Waals surface area (Å²) < 4.78 is 122. The molecule has 11 heteroatoms. The van der Waals surface area contributed by atoms with Crippen LogP contribution in [0.15, 0.2) is 0 Å². The van der Waals surface area contributed by atoms with Crippen LogP contribution in [0, 0.1) is 0 Å². The number of hydrogen-bond acceptors (Lipinski definition) is 1. The summed E-state index contributed by atoms with van der Waals surface area (Å²) in [6, 6.07) is 0. The highest BCUT2D eigenvalue weighted by molar-refractivity contribution is 5.02. The molecule has 0 rings (SSSR count). The summed E-state index contributed by atoms with van der Waals surface area (Å²) in [5, 5.41) is 8.23. The van der Waals surface area contributed by atoms with Crippen LogP contribution in [0.1, 0.15) is 6.92 Å². The van der Waals surface area contributed by atoms with Crippen LogP contribution < -0.4 is 0 Å². The van der Waals surface area contributed by atoms with Crippen LogP contribution in [0.3, 0.4) is 0 Å². The summed E-state index contributed by atoms with van der Waals surface area (Å²) >= 11 is 0. The topological polar surface area (TPSA) is 20.2 Å². The van der Waals surface area contributed by atoms with Crippen molar-refractivity contribution in [1.82, 2.24) is 0 Å². The Morgan fingerprint density at radius 1 is 0.833 bits per heavy atom. The minimum Gasteiger partial charge on any atom is -0.387 e. The molecule has 0 spiro atoms. The van der Waals surface area contributed by atoms with Gasteiger partial charge in [-0.15, -0.1) is 0 Å². The Morgan fingerprint density at radius 2 is 1.17 bits per heavy atom. The SMILES string of the molecule is C[C@@H](O)C(F)(F)[C@@H](F)C(F)(F)C(F)(F)C(F)(F)F. The van der Waals surface area contributed by atoms with Crippen molar-refractivity contribution in [3.63, 3.8) is 0 Å². The molecule has 0 fully saturated rings. The van der Waals surface area contributed by atoms with E-state index in [9.17, 15) is 43.9 Å². The van der Waals surface area contributed by atoms with Gasteiger partial charge in [-0.3, -0.25) is 0 Å². The lowest BCUT2D eigenvalue weighted by Crippen LogP contribution is -2.62. The van der Waals surface area contributed by atoms with Gasteiger partial charge in [0.15, 0.2) is 0 Å². The highest BCUT2D eigenvalue weighted by atomic mass is 19.4. The van der Waals surface area contributed by atoms with E-state index in [2.05, 4.69) is 0 Å². The van der Waals surface area contributed by atoms with E-state index in [0.29, 0.717) is 0 Å². The molecule has 0 aromatic rings. The molecule has 110 valence electrons. The number of rotatable bonds is 4. The van der Waals surface area contributed by atoms with E-state index >= 15 is 0 Å². The maximum Gasteiger partial charge on any atom is 0.459 e. The van der Waals surface area contributed by atoms with Gasteiger partial charge < -0.3 is 5.11 Å². The van der Waals surface area contributed by atoms with Crippen molar-refractivity contribution in [2.24, 2.45) is 0 Å². The average molecular weight is 296 g/mol. The smallest absolute Gasteiger partial charge is 0.387 e. The first kappa shape index (κ1) is 17.3. The Morgan fingerprint density at radius 3 is 1.39 bits per heavy atom. The van der Waals surface area contributed by atoms with Crippen LogP contribution in [-0.2, 0) is 0 Å². The molecule has 2 atom stereocenters. The van der Waals surface area contributed by atoms with Gasteiger partial charge in [0, 0.05) is 0 Å². The third-order valence-electron chi connectivity index (χ3n) is 1.99. The van der Waals surface area contributed by atoms with E-state index in [1.807, 2.05) is 0 Å². The molecule has 0 aliphatic heterocycles. The lowest BCUT2D eigenvalue weighted by atomic mass is 9.98. The van der Waals surface area contributed by atoms with Crippen LogP contribution >= 0.6 is 0 Å². The fourth-order valence-electron chi connectivity index (χ4n) is 0.802. The van der Waals surface area contributed by atoms with E-state index in [1.165, 1.54) is 0 Å². The molecular formula is C7H6F10O. The molecule has 0 aromatic carbocycles. The second-order valence-corrected chi connectivity index (χ2v) is 3.41. The van der Waals surface area contributed by atoms with Gasteiger partial charge >= 0.3 is 23.9 Å². The quantitative estimate of drug-likeness (QED) is 0.790. The number of hydrogen-bond donors (Lipinski definition) is 1. The minimum atomic E-state index is -7.00. The molecule has 0 amide bonds. The Balaban J connectivity index is 5.54. The van der Waals surface area contributed by atoms with Crippen LogP contribution in [0.2, 0.25) is 0 Å². The Labute approximate surface area is 93.4 Å². The van der Waals surface area contributed by atoms with Crippen LogP contribution in [0.25, 0.3) is 0 Å². The third-order valence-corrected chi connectivity index (χ3v) is 1.99. The summed E-state index contributed by atoms with van der Waals surface area (Å²) in [5.74, 6) is -19.2. The normalized spacial score (nSPS) is 18.7. The maximum atomic E-state index is 12.6. The maximum absolute atomic E-state index is 12.6. The second kappa shape index (κ2) is 4.42. The van der Waals surface area contributed by atoms with E-state index in [0.717, 1.165) is 0 Å². The average Bonchev–Trinajstić information content (AvgIpc) is 2.13. The first-order valence-corrected chi connectivity index (χ1v) is 4.12. The van der Waals surface area contributed by atoms with Crippen molar-refractivity contribution in [3.8, 4) is 0 Å². The van der Waals surface area contributed by atoms with Crippen LogP contribution in [0.4, 0.5) is 43.9 Å². The molecule has 18 heavy (non-hydrogen) atoms. The highest BCUT2D eigenvalue weighted by Crippen LogP contribution is 2.51. The number of aliphatic hydroxyl groups excluding tert-OH is 1. The lowest BCUT2D eigenvalue weighted by molar-refractivity contribution is -0.380. The van der Waals surface area contributed by atoms with Crippen molar-refractivity contribution in [1.29, 1.82) is 0 Å². The summed E-state index contributed by atoms with van der Waals surface area (Å²) in [7, 11) is 0. The molecule has 0 saturated carbocycles. The molecule has 0 heterocycles. The molecule has 0 radical (unpaired) electrons. The summed E-state index contributed by atoms with van der Waals surface area (Å²) in [4.78, 5) is 0. The molecular weight excluding hydrogens is 290 g/mol. The van der Waals surface area contributed by atoms with Crippen molar-refractivity contribution < 1.29 is 49.0 Å². The third kappa shape index (κ3) is 2.50. The summed E-state index contributed by atoms with van der Waals surface area (Å²) in [5.41, 5.74) is 0. The Hall–Kier alpha value is -0.740. The van der Waals surface area contributed by atoms with Crippen molar-refractivity contribution in [2.75, 3.05) is 0 Å². The lowest BCUT2D eigenvalue weighted by Gasteiger charge is -2.34. The molecule has 0 unspecified atom stereocenters. The zero-order valence-electron chi connectivity index (χ0n) is 8.38. The first-order valence-electron chi connectivity index (χ1n) is 4.12. The van der Waals surface area contributed by atoms with Gasteiger partial charge in [0.1, 0.15) is 6.10 Å². The van der Waals surface area contributed by atoms with Gasteiger partial charge in [-0.25, -0.2) is 13.2 Å². The zero-order valence-corrected chi connectivity index (χ0v) is 8.38. The van der Waals surface area contributed by atoms with E-state index < -0.39 is 36.2 Å². The summed E-state index contributed by atoms with van der Waals surface area (Å²) in [6.45, 7) is 0.0639. The van der Waals surface area contributed by atoms with Gasteiger partial charge in [-0.05, 0) is 6.92 Å². The molecule has 1 N–H and O–H groups in total. The van der Waals surface area contributed by atoms with Gasteiger partial charge in [-0.1, -0.05) is 0 Å². The predicted octanol–water partition coefficient (Wildman–Crippen LogP) is 3.17. The molecule has 1 nitrogen and oxygen atoms in total. The van der Waals surface area contributed by atoms with Gasteiger partial charge in [-0.2, -0.15) is 30.7 Å². The molecule has 0 bridgehead atoms. The van der Waals surface area contributed by atoms with Crippen LogP contribution in [0.5, 0.6) is 0 Å². The largest absolute Gasteiger partial charge is 0.459 e. The fourth-order valence-corrected chi connectivity index (χ4v) is 0.802. The second-order valence-electron chi connectivity index (χ2n) is 3.41. The Kier molecular flexibility index (Phi) is 4.24. The van der Waals surface area contributed by atoms with E-state index in [4.69, 9.17) is 5.11 Å². The molecule has 0 aliphatic carbocycles. The van der Waals surface area contributed by atoms with E-state index in [1.54, 1.807) is 0 Å². The molecule has 0 saturated heterocycles. The highest BCUT2D eigenvalue weighted by Gasteiger charge is 2.79. The van der Waals surface area contributed by atoms with Gasteiger partial charge in [0.2, 0.25) is 6.17 Å². The fraction of sp³-hybridized carbons (Fsp3) is 1.00. The molecule has 0 aliphatic rings. The predicted molar refractivity (Wildman–Crippen MR) is 37.5 cm³/mol. The van der Waals surface area contributed by atoms with Crippen molar-refractivity contribution in [2.45, 2.75) is 43.1 Å². The van der Waals surface area contributed by atoms with Gasteiger partial charge in [0.25, 0.3) is 0 Å². The standard InChI is InChI=1S/C7H6F10O/c1-2(18)4(9,10)3(8)5(11,12)6(13,14)7(15,16)17/h2-3,18H,1H3/t2-,3-/m1/s1. The number of halogens is 10. The van der Waals surface area contributed by atoms with Gasteiger partial charge in [0.05, 0.1) is 0 Å². The van der Waals surface area contributed by atoms with Crippen molar-refractivity contribution >= 4 is 0 Å². The van der Waals surface area contributed by atoms with Crippen LogP contribution in [-0.4, -0.2) is 41.3 Å².